The van der Waals surface area contributed by atoms with Crippen molar-refractivity contribution in [3.05, 3.63) is 29.8 Å². The van der Waals surface area contributed by atoms with Crippen LogP contribution in [0.3, 0.4) is 0 Å². The van der Waals surface area contributed by atoms with Gasteiger partial charge in [-0.25, -0.2) is 4.79 Å². The van der Waals surface area contributed by atoms with E-state index in [1.807, 2.05) is 0 Å². The standard InChI is InChI=1S/C9H5F6NO/c10-7(17)16-6-4-2-1-3-5(6)8(11,12)9(13,14)15/h1-4H,(H,16,17). The number of para-hydroxylation sites is 1. The maximum Gasteiger partial charge on any atom is 0.458 e. The first-order valence-electron chi connectivity index (χ1n) is 4.17. The molecule has 0 unspecified atom stereocenters. The van der Waals surface area contributed by atoms with E-state index in [1.54, 1.807) is 0 Å². The van der Waals surface area contributed by atoms with Crippen molar-refractivity contribution in [1.82, 2.24) is 0 Å². The number of anilines is 1. The summed E-state index contributed by atoms with van der Waals surface area (Å²) in [6.45, 7) is 0. The van der Waals surface area contributed by atoms with Gasteiger partial charge in [-0.1, -0.05) is 18.2 Å². The number of hydrogen-bond acceptors (Lipinski definition) is 1. The molecule has 8 heteroatoms. The minimum atomic E-state index is -5.83. The van der Waals surface area contributed by atoms with Crippen LogP contribution in [0.4, 0.5) is 36.8 Å². The Morgan fingerprint density at radius 1 is 1.06 bits per heavy atom. The van der Waals surface area contributed by atoms with Gasteiger partial charge in [-0.15, -0.1) is 4.39 Å². The fraction of sp³-hybridized carbons (Fsp3) is 0.222. The summed E-state index contributed by atoms with van der Waals surface area (Å²) in [5.41, 5.74) is -2.44. The molecule has 0 atom stereocenters. The lowest BCUT2D eigenvalue weighted by Gasteiger charge is -2.22. The summed E-state index contributed by atoms with van der Waals surface area (Å²) >= 11 is 0. The lowest BCUT2D eigenvalue weighted by molar-refractivity contribution is -0.289. The molecule has 0 bridgehead atoms. The summed E-state index contributed by atoms with van der Waals surface area (Å²) < 4.78 is 74.2. The lowest BCUT2D eigenvalue weighted by Crippen LogP contribution is -2.34. The van der Waals surface area contributed by atoms with Gasteiger partial charge in [0.25, 0.3) is 0 Å². The Bertz CT molecular complexity index is 428. The van der Waals surface area contributed by atoms with E-state index in [4.69, 9.17) is 0 Å². The third kappa shape index (κ3) is 2.69. The minimum absolute atomic E-state index is 0.457. The summed E-state index contributed by atoms with van der Waals surface area (Å²) in [5, 5.41) is 1.27. The molecule has 0 radical (unpaired) electrons. The quantitative estimate of drug-likeness (QED) is 0.486. The number of amides is 1. The highest BCUT2D eigenvalue weighted by Crippen LogP contribution is 2.46. The first-order chi connectivity index (χ1) is 7.66. The Kier molecular flexibility index (Phi) is 3.35. The van der Waals surface area contributed by atoms with Crippen molar-refractivity contribution in [3.63, 3.8) is 0 Å². The average molecular weight is 257 g/mol. The molecule has 0 saturated carbocycles. The third-order valence-corrected chi connectivity index (χ3v) is 1.85. The predicted molar refractivity (Wildman–Crippen MR) is 46.5 cm³/mol. The van der Waals surface area contributed by atoms with Crippen LogP contribution in [-0.4, -0.2) is 12.3 Å². The third-order valence-electron chi connectivity index (χ3n) is 1.85. The summed E-state index contributed by atoms with van der Waals surface area (Å²) in [6.07, 6.45) is -8.06. The van der Waals surface area contributed by atoms with Crippen molar-refractivity contribution >= 4 is 11.8 Å². The van der Waals surface area contributed by atoms with E-state index in [1.165, 1.54) is 5.32 Å². The largest absolute Gasteiger partial charge is 0.458 e. The molecule has 1 N–H and O–H groups in total. The van der Waals surface area contributed by atoms with Gasteiger partial charge >= 0.3 is 18.3 Å². The Hall–Kier alpha value is -1.73. The van der Waals surface area contributed by atoms with Gasteiger partial charge in [-0.05, 0) is 6.07 Å². The number of alkyl halides is 5. The normalized spacial score (nSPS) is 12.4. The molecule has 1 amide bonds. The van der Waals surface area contributed by atoms with E-state index in [0.29, 0.717) is 6.07 Å². The molecule has 0 heterocycles. The molecule has 94 valence electrons. The van der Waals surface area contributed by atoms with E-state index in [2.05, 4.69) is 0 Å². The van der Waals surface area contributed by atoms with Gasteiger partial charge in [0.15, 0.2) is 0 Å². The molecule has 0 aliphatic heterocycles. The molecular weight excluding hydrogens is 252 g/mol. The van der Waals surface area contributed by atoms with Gasteiger partial charge in [0.1, 0.15) is 0 Å². The van der Waals surface area contributed by atoms with Crippen molar-refractivity contribution in [2.45, 2.75) is 12.1 Å². The topological polar surface area (TPSA) is 29.1 Å². The second-order valence-corrected chi connectivity index (χ2v) is 3.02. The van der Waals surface area contributed by atoms with Crippen LogP contribution in [0.15, 0.2) is 24.3 Å². The second kappa shape index (κ2) is 4.27. The molecule has 0 aromatic heterocycles. The van der Waals surface area contributed by atoms with Gasteiger partial charge in [0.2, 0.25) is 0 Å². The predicted octanol–water partition coefficient (Wildman–Crippen LogP) is 3.84. The van der Waals surface area contributed by atoms with Gasteiger partial charge < -0.3 is 0 Å². The maximum atomic E-state index is 13.0. The highest BCUT2D eigenvalue weighted by Gasteiger charge is 2.59. The first kappa shape index (κ1) is 13.3. The van der Waals surface area contributed by atoms with Crippen LogP contribution in [0.5, 0.6) is 0 Å². The van der Waals surface area contributed by atoms with E-state index < -0.39 is 29.5 Å². The number of halogens is 6. The molecule has 0 saturated heterocycles. The highest BCUT2D eigenvalue weighted by atomic mass is 19.4. The molecule has 2 nitrogen and oxygen atoms in total. The molecule has 0 spiro atoms. The van der Waals surface area contributed by atoms with Crippen molar-refractivity contribution in [2.24, 2.45) is 0 Å². The molecule has 1 aromatic rings. The average Bonchev–Trinajstić information content (AvgIpc) is 2.15. The molecule has 0 aliphatic rings. The van der Waals surface area contributed by atoms with Gasteiger partial charge in [-0.3, -0.25) is 5.32 Å². The zero-order valence-electron chi connectivity index (χ0n) is 7.99. The van der Waals surface area contributed by atoms with Crippen LogP contribution in [0.25, 0.3) is 0 Å². The SMILES string of the molecule is O=C(F)Nc1ccccc1C(F)(F)C(F)(F)F. The summed E-state index contributed by atoms with van der Waals surface area (Å²) in [4.78, 5) is 10.0. The van der Waals surface area contributed by atoms with E-state index >= 15 is 0 Å². The number of carbonyl (C=O) groups excluding carboxylic acids is 1. The van der Waals surface area contributed by atoms with Gasteiger partial charge in [-0.2, -0.15) is 22.0 Å². The van der Waals surface area contributed by atoms with Gasteiger partial charge in [0.05, 0.1) is 11.3 Å². The molecule has 0 fully saturated rings. The van der Waals surface area contributed by atoms with Crippen molar-refractivity contribution < 1.29 is 31.1 Å². The fourth-order valence-electron chi connectivity index (χ4n) is 1.12. The summed E-state index contributed by atoms with van der Waals surface area (Å²) in [7, 11) is 0. The number of carbonyl (C=O) groups is 1. The summed E-state index contributed by atoms with van der Waals surface area (Å²) in [6, 6.07) is 3.20. The smallest absolute Gasteiger partial charge is 0.297 e. The first-order valence-corrected chi connectivity index (χ1v) is 4.17. The van der Waals surface area contributed by atoms with E-state index in [-0.39, 0.29) is 0 Å². The highest BCUT2D eigenvalue weighted by molar-refractivity contribution is 5.84. The van der Waals surface area contributed by atoms with E-state index in [9.17, 15) is 31.1 Å². The Labute approximate surface area is 91.2 Å². The fourth-order valence-corrected chi connectivity index (χ4v) is 1.12. The summed E-state index contributed by atoms with van der Waals surface area (Å²) in [5.74, 6) is -5.17. The zero-order chi connectivity index (χ0) is 13.3. The number of rotatable bonds is 2. The van der Waals surface area contributed by atoms with Crippen LogP contribution in [0, 0.1) is 0 Å². The monoisotopic (exact) mass is 257 g/mol. The Balaban J connectivity index is 3.26. The second-order valence-electron chi connectivity index (χ2n) is 3.02. The van der Waals surface area contributed by atoms with Crippen LogP contribution in [0.1, 0.15) is 5.56 Å². The van der Waals surface area contributed by atoms with Crippen molar-refractivity contribution in [2.75, 3.05) is 5.32 Å². The van der Waals surface area contributed by atoms with Crippen LogP contribution < -0.4 is 5.32 Å². The van der Waals surface area contributed by atoms with Crippen molar-refractivity contribution in [1.29, 1.82) is 0 Å². The lowest BCUT2D eigenvalue weighted by atomic mass is 10.1. The zero-order valence-corrected chi connectivity index (χ0v) is 7.99. The molecule has 1 aromatic carbocycles. The maximum absolute atomic E-state index is 13.0. The molecule has 1 rings (SSSR count). The Morgan fingerprint density at radius 2 is 1.59 bits per heavy atom. The number of benzene rings is 1. The Morgan fingerprint density at radius 3 is 2.06 bits per heavy atom. The minimum Gasteiger partial charge on any atom is -0.297 e. The molecular formula is C9H5F6NO. The van der Waals surface area contributed by atoms with E-state index in [0.717, 1.165) is 18.2 Å². The van der Waals surface area contributed by atoms with Gasteiger partial charge in [0, 0.05) is 0 Å². The molecule has 0 aliphatic carbocycles. The van der Waals surface area contributed by atoms with Crippen molar-refractivity contribution in [3.8, 4) is 0 Å². The number of nitrogens with one attached hydrogen (secondary N) is 1. The van der Waals surface area contributed by atoms with Crippen LogP contribution in [0.2, 0.25) is 0 Å². The number of hydrogen-bond donors (Lipinski definition) is 1. The van der Waals surface area contributed by atoms with Crippen LogP contribution >= 0.6 is 0 Å². The van der Waals surface area contributed by atoms with Crippen LogP contribution in [-0.2, 0) is 5.92 Å². The molecule has 17 heavy (non-hydrogen) atoms.